The number of likely N-dealkylation sites (tertiary alicyclic amines) is 1. The number of carbonyl (C=O) groups excluding carboxylic acids is 2. The van der Waals surface area contributed by atoms with Crippen molar-refractivity contribution >= 4 is 29.1 Å². The fourth-order valence-electron chi connectivity index (χ4n) is 3.71. The molecule has 1 fully saturated rings. The lowest BCUT2D eigenvalue weighted by Crippen LogP contribution is -2.44. The average Bonchev–Trinajstić information content (AvgIpc) is 3.12. The van der Waals surface area contributed by atoms with Crippen molar-refractivity contribution in [1.82, 2.24) is 10.2 Å². The van der Waals surface area contributed by atoms with Gasteiger partial charge in [0.05, 0.1) is 12.3 Å². The number of rotatable bonds is 6. The van der Waals surface area contributed by atoms with Gasteiger partial charge >= 0.3 is 0 Å². The van der Waals surface area contributed by atoms with Gasteiger partial charge in [0.1, 0.15) is 5.82 Å². The minimum Gasteiger partial charge on any atom is -0.351 e. The number of amides is 2. The predicted molar refractivity (Wildman–Crippen MR) is 121 cm³/mol. The van der Waals surface area contributed by atoms with Crippen molar-refractivity contribution in [2.24, 2.45) is 5.92 Å². The molecular formula is C24H29ClFN3O2. The van der Waals surface area contributed by atoms with Gasteiger partial charge in [-0.2, -0.15) is 0 Å². The maximum absolute atomic E-state index is 13.2. The van der Waals surface area contributed by atoms with E-state index >= 15 is 0 Å². The van der Waals surface area contributed by atoms with E-state index in [1.54, 1.807) is 0 Å². The molecule has 1 saturated heterocycles. The van der Waals surface area contributed by atoms with Crippen LogP contribution in [0, 0.1) is 11.7 Å². The van der Waals surface area contributed by atoms with Gasteiger partial charge in [0, 0.05) is 29.3 Å². The van der Waals surface area contributed by atoms with E-state index in [4.69, 9.17) is 11.6 Å². The van der Waals surface area contributed by atoms with Crippen LogP contribution in [-0.4, -0.2) is 35.3 Å². The minimum atomic E-state index is -0.429. The topological polar surface area (TPSA) is 61.4 Å². The molecule has 2 aromatic carbocycles. The first-order chi connectivity index (χ1) is 14.6. The summed E-state index contributed by atoms with van der Waals surface area (Å²) in [7, 11) is 0. The number of hydrogen-bond donors (Lipinski definition) is 2. The third-order valence-electron chi connectivity index (χ3n) is 5.12. The van der Waals surface area contributed by atoms with Crippen LogP contribution >= 0.6 is 11.6 Å². The van der Waals surface area contributed by atoms with E-state index in [0.29, 0.717) is 17.8 Å². The molecule has 0 bridgehead atoms. The highest BCUT2D eigenvalue weighted by Gasteiger charge is 2.30. The minimum absolute atomic E-state index is 0.00238. The third-order valence-corrected chi connectivity index (χ3v) is 5.48. The van der Waals surface area contributed by atoms with Crippen LogP contribution < -0.4 is 10.6 Å². The first-order valence-electron chi connectivity index (χ1n) is 10.5. The van der Waals surface area contributed by atoms with E-state index in [9.17, 15) is 14.0 Å². The molecule has 31 heavy (non-hydrogen) atoms. The number of benzene rings is 2. The molecule has 1 atom stereocenters. The van der Waals surface area contributed by atoms with Crippen molar-refractivity contribution in [3.05, 3.63) is 64.4 Å². The molecule has 3 rings (SSSR count). The summed E-state index contributed by atoms with van der Waals surface area (Å²) in [5, 5.41) is 6.18. The molecule has 1 aliphatic rings. The zero-order valence-corrected chi connectivity index (χ0v) is 18.9. The van der Waals surface area contributed by atoms with Gasteiger partial charge in [0.2, 0.25) is 11.8 Å². The monoisotopic (exact) mass is 445 g/mol. The summed E-state index contributed by atoms with van der Waals surface area (Å²) in [4.78, 5) is 27.1. The Morgan fingerprint density at radius 2 is 1.97 bits per heavy atom. The number of carbonyl (C=O) groups is 2. The van der Waals surface area contributed by atoms with Crippen molar-refractivity contribution in [3.8, 4) is 0 Å². The van der Waals surface area contributed by atoms with E-state index in [1.165, 1.54) is 18.2 Å². The molecule has 2 amide bonds. The second-order valence-electron chi connectivity index (χ2n) is 9.12. The predicted octanol–water partition coefficient (Wildman–Crippen LogP) is 4.40. The maximum atomic E-state index is 13.2. The largest absolute Gasteiger partial charge is 0.351 e. The van der Waals surface area contributed by atoms with Gasteiger partial charge in [-0.3, -0.25) is 14.5 Å². The molecule has 1 aliphatic heterocycles. The lowest BCUT2D eigenvalue weighted by atomic mass is 10.0. The Labute approximate surface area is 188 Å². The smallest absolute Gasteiger partial charge is 0.228 e. The molecule has 1 unspecified atom stereocenters. The summed E-state index contributed by atoms with van der Waals surface area (Å²) in [5.41, 5.74) is 2.11. The number of halogens is 2. The average molecular weight is 446 g/mol. The van der Waals surface area contributed by atoms with Crippen molar-refractivity contribution in [1.29, 1.82) is 0 Å². The van der Waals surface area contributed by atoms with Gasteiger partial charge in [0.25, 0.3) is 0 Å². The first kappa shape index (κ1) is 23.2. The molecule has 7 heteroatoms. The summed E-state index contributed by atoms with van der Waals surface area (Å²) >= 11 is 6.01. The van der Waals surface area contributed by atoms with Crippen molar-refractivity contribution in [2.45, 2.75) is 45.7 Å². The quantitative estimate of drug-likeness (QED) is 0.692. The van der Waals surface area contributed by atoms with Gasteiger partial charge in [0.15, 0.2) is 0 Å². The Hall–Kier alpha value is -2.44. The van der Waals surface area contributed by atoms with Gasteiger partial charge < -0.3 is 10.6 Å². The van der Waals surface area contributed by atoms with E-state index in [-0.39, 0.29) is 34.7 Å². The summed E-state index contributed by atoms with van der Waals surface area (Å²) in [6.45, 7) is 8.26. The summed E-state index contributed by atoms with van der Waals surface area (Å²) in [5.74, 6) is -0.536. The normalized spacial score (nSPS) is 16.9. The van der Waals surface area contributed by atoms with Gasteiger partial charge in [-0.05, 0) is 69.1 Å². The number of nitrogens with one attached hydrogen (secondary N) is 2. The molecule has 2 aromatic rings. The fraction of sp³-hybridized carbons (Fsp3) is 0.417. The van der Waals surface area contributed by atoms with Crippen LogP contribution in [0.5, 0.6) is 0 Å². The standard InChI is InChI=1S/C24H29ClFN3O2/c1-24(2,3)28-23(31)18-9-10-29(15-18)14-16-5-4-6-20(11-16)27-22(30)12-17-7-8-19(26)13-21(17)25/h4-8,11,13,18H,9-10,12,14-15H2,1-3H3,(H,27,30)(H,28,31). The van der Waals surface area contributed by atoms with Crippen LogP contribution in [0.15, 0.2) is 42.5 Å². The molecule has 5 nitrogen and oxygen atoms in total. The SMILES string of the molecule is CC(C)(C)NC(=O)C1CCN(Cc2cccc(NC(=O)Cc3ccc(F)cc3Cl)c2)C1. The second-order valence-corrected chi connectivity index (χ2v) is 9.53. The van der Waals surface area contributed by atoms with Crippen molar-refractivity contribution in [3.63, 3.8) is 0 Å². The highest BCUT2D eigenvalue weighted by molar-refractivity contribution is 6.31. The van der Waals surface area contributed by atoms with Gasteiger partial charge in [-0.25, -0.2) is 4.39 Å². The van der Waals surface area contributed by atoms with E-state index in [1.807, 2.05) is 45.0 Å². The fourth-order valence-corrected chi connectivity index (χ4v) is 3.94. The van der Waals surface area contributed by atoms with Crippen LogP contribution in [0.2, 0.25) is 5.02 Å². The number of nitrogens with zero attached hydrogens (tertiary/aromatic N) is 1. The zero-order valence-electron chi connectivity index (χ0n) is 18.2. The Morgan fingerprint density at radius 1 is 1.19 bits per heavy atom. The van der Waals surface area contributed by atoms with Crippen LogP contribution in [0.1, 0.15) is 38.3 Å². The Morgan fingerprint density at radius 3 is 2.68 bits per heavy atom. The maximum Gasteiger partial charge on any atom is 0.228 e. The molecule has 0 aliphatic carbocycles. The first-order valence-corrected chi connectivity index (χ1v) is 10.8. The molecular weight excluding hydrogens is 417 g/mol. The molecule has 0 aromatic heterocycles. The van der Waals surface area contributed by atoms with Gasteiger partial charge in [-0.15, -0.1) is 0 Å². The highest BCUT2D eigenvalue weighted by atomic mass is 35.5. The Kier molecular flexibility index (Phi) is 7.34. The summed E-state index contributed by atoms with van der Waals surface area (Å²) in [6.07, 6.45) is 0.913. The van der Waals surface area contributed by atoms with Crippen molar-refractivity contribution < 1.29 is 14.0 Å². The molecule has 0 radical (unpaired) electrons. The lowest BCUT2D eigenvalue weighted by molar-refractivity contribution is -0.126. The zero-order chi connectivity index (χ0) is 22.6. The van der Waals surface area contributed by atoms with Gasteiger partial charge in [-0.1, -0.05) is 29.8 Å². The van der Waals surface area contributed by atoms with E-state index in [0.717, 1.165) is 25.1 Å². The lowest BCUT2D eigenvalue weighted by Gasteiger charge is -2.23. The molecule has 0 spiro atoms. The third kappa shape index (κ3) is 7.04. The van der Waals surface area contributed by atoms with Crippen LogP contribution in [0.3, 0.4) is 0 Å². The molecule has 0 saturated carbocycles. The number of anilines is 1. The molecule has 166 valence electrons. The highest BCUT2D eigenvalue weighted by Crippen LogP contribution is 2.22. The van der Waals surface area contributed by atoms with E-state index in [2.05, 4.69) is 15.5 Å². The summed E-state index contributed by atoms with van der Waals surface area (Å²) < 4.78 is 13.2. The molecule has 1 heterocycles. The van der Waals surface area contributed by atoms with Crippen molar-refractivity contribution in [2.75, 3.05) is 18.4 Å². The second kappa shape index (κ2) is 9.79. The number of hydrogen-bond acceptors (Lipinski definition) is 3. The van der Waals surface area contributed by atoms with Crippen LogP contribution in [0.25, 0.3) is 0 Å². The molecule has 2 N–H and O–H groups in total. The Bertz CT molecular complexity index is 958. The summed E-state index contributed by atoms with van der Waals surface area (Å²) in [6, 6.07) is 11.7. The van der Waals surface area contributed by atoms with E-state index < -0.39 is 5.82 Å². The van der Waals surface area contributed by atoms with Crippen LogP contribution in [0.4, 0.5) is 10.1 Å². The Balaban J connectivity index is 1.54. The van der Waals surface area contributed by atoms with Crippen LogP contribution in [-0.2, 0) is 22.6 Å².